The molecular weight excluding hydrogens is 251 g/mol. The third-order valence-electron chi connectivity index (χ3n) is 1.59. The smallest absolute Gasteiger partial charge is 0.240 e. The predicted octanol–water partition coefficient (Wildman–Crippen LogP) is 1.73. The fraction of sp³-hybridized carbons (Fsp3) is 0.625. The van der Waals surface area contributed by atoms with E-state index in [-0.39, 0.29) is 24.0 Å². The SMILES string of the molecule is CCCCn1cc[n+](C)c1.I. The van der Waals surface area contributed by atoms with E-state index in [9.17, 15) is 0 Å². The minimum absolute atomic E-state index is 0. The van der Waals surface area contributed by atoms with Crippen LogP contribution in [0.15, 0.2) is 18.7 Å². The van der Waals surface area contributed by atoms with Crippen LogP contribution in [-0.2, 0) is 13.6 Å². The summed E-state index contributed by atoms with van der Waals surface area (Å²) < 4.78 is 4.28. The maximum atomic E-state index is 2.21. The van der Waals surface area contributed by atoms with Crippen LogP contribution >= 0.6 is 24.0 Å². The summed E-state index contributed by atoms with van der Waals surface area (Å²) in [4.78, 5) is 0. The monoisotopic (exact) mass is 267 g/mol. The van der Waals surface area contributed by atoms with Crippen molar-refractivity contribution in [1.82, 2.24) is 4.57 Å². The van der Waals surface area contributed by atoms with Gasteiger partial charge in [-0.3, -0.25) is 0 Å². The Balaban J connectivity index is 0.000001000. The Morgan fingerprint density at radius 3 is 2.64 bits per heavy atom. The highest BCUT2D eigenvalue weighted by atomic mass is 127. The van der Waals surface area contributed by atoms with Gasteiger partial charge in [0.05, 0.1) is 13.6 Å². The highest BCUT2D eigenvalue weighted by Gasteiger charge is 1.96. The molecular formula is C8H16IN2+. The Morgan fingerprint density at radius 1 is 1.45 bits per heavy atom. The van der Waals surface area contributed by atoms with Crippen molar-refractivity contribution in [3.05, 3.63) is 18.7 Å². The molecule has 64 valence electrons. The lowest BCUT2D eigenvalue weighted by Crippen LogP contribution is -2.23. The van der Waals surface area contributed by atoms with Gasteiger partial charge in [-0.2, -0.15) is 0 Å². The van der Waals surface area contributed by atoms with Crippen LogP contribution in [0.5, 0.6) is 0 Å². The van der Waals surface area contributed by atoms with Crippen molar-refractivity contribution in [2.75, 3.05) is 0 Å². The largest absolute Gasteiger partial charge is 0.243 e. The zero-order chi connectivity index (χ0) is 7.40. The molecule has 3 heteroatoms. The van der Waals surface area contributed by atoms with Crippen LogP contribution in [0.1, 0.15) is 19.8 Å². The van der Waals surface area contributed by atoms with E-state index in [0.717, 1.165) is 6.54 Å². The van der Waals surface area contributed by atoms with E-state index in [0.29, 0.717) is 0 Å². The minimum Gasteiger partial charge on any atom is -0.240 e. The second kappa shape index (κ2) is 5.57. The van der Waals surface area contributed by atoms with Crippen molar-refractivity contribution in [3.63, 3.8) is 0 Å². The molecule has 0 fully saturated rings. The molecule has 1 aromatic rings. The molecule has 0 atom stereocenters. The lowest BCUT2D eigenvalue weighted by atomic mass is 10.3. The van der Waals surface area contributed by atoms with Gasteiger partial charge in [-0.25, -0.2) is 9.13 Å². The summed E-state index contributed by atoms with van der Waals surface area (Å²) in [6, 6.07) is 0. The molecule has 0 aliphatic carbocycles. The number of halogens is 1. The van der Waals surface area contributed by atoms with Gasteiger partial charge in [-0.05, 0) is 6.42 Å². The van der Waals surface area contributed by atoms with E-state index in [1.807, 2.05) is 7.05 Å². The van der Waals surface area contributed by atoms with Crippen molar-refractivity contribution in [2.45, 2.75) is 26.3 Å². The summed E-state index contributed by atoms with van der Waals surface area (Å²) in [5.74, 6) is 0. The first kappa shape index (κ1) is 10.9. The number of aromatic nitrogens is 2. The number of rotatable bonds is 3. The van der Waals surface area contributed by atoms with Gasteiger partial charge in [0.15, 0.2) is 0 Å². The first-order valence-electron chi connectivity index (χ1n) is 3.84. The Morgan fingerprint density at radius 2 is 2.18 bits per heavy atom. The molecule has 11 heavy (non-hydrogen) atoms. The summed E-state index contributed by atoms with van der Waals surface area (Å²) in [5.41, 5.74) is 0. The number of unbranched alkanes of at least 4 members (excludes halogenated alkanes) is 1. The minimum atomic E-state index is 0. The maximum absolute atomic E-state index is 2.21. The van der Waals surface area contributed by atoms with E-state index < -0.39 is 0 Å². The highest BCUT2D eigenvalue weighted by Crippen LogP contribution is 1.91. The molecule has 0 unspecified atom stereocenters. The second-order valence-corrected chi connectivity index (χ2v) is 2.67. The van der Waals surface area contributed by atoms with Gasteiger partial charge in [0.25, 0.3) is 0 Å². The third kappa shape index (κ3) is 3.74. The lowest BCUT2D eigenvalue weighted by Gasteiger charge is -1.90. The van der Waals surface area contributed by atoms with E-state index in [1.165, 1.54) is 12.8 Å². The molecule has 2 nitrogen and oxygen atoms in total. The third-order valence-corrected chi connectivity index (χ3v) is 1.59. The van der Waals surface area contributed by atoms with Gasteiger partial charge in [-0.15, -0.1) is 24.0 Å². The van der Waals surface area contributed by atoms with Gasteiger partial charge in [-0.1, -0.05) is 13.3 Å². The van der Waals surface area contributed by atoms with Crippen molar-refractivity contribution < 1.29 is 4.57 Å². The average molecular weight is 267 g/mol. The van der Waals surface area contributed by atoms with Crippen LogP contribution in [0.25, 0.3) is 0 Å². The molecule has 0 N–H and O–H groups in total. The van der Waals surface area contributed by atoms with Crippen molar-refractivity contribution >= 4 is 24.0 Å². The van der Waals surface area contributed by atoms with Crippen molar-refractivity contribution in [3.8, 4) is 0 Å². The van der Waals surface area contributed by atoms with E-state index >= 15 is 0 Å². The Bertz CT molecular complexity index is 196. The van der Waals surface area contributed by atoms with Gasteiger partial charge >= 0.3 is 0 Å². The predicted molar refractivity (Wildman–Crippen MR) is 55.9 cm³/mol. The molecule has 0 bridgehead atoms. The summed E-state index contributed by atoms with van der Waals surface area (Å²) in [6.07, 6.45) is 8.82. The summed E-state index contributed by atoms with van der Waals surface area (Å²) >= 11 is 0. The van der Waals surface area contributed by atoms with Crippen LogP contribution in [-0.4, -0.2) is 4.57 Å². The molecule has 1 rings (SSSR count). The second-order valence-electron chi connectivity index (χ2n) is 2.67. The quantitative estimate of drug-likeness (QED) is 0.582. The molecule has 0 aliphatic rings. The zero-order valence-electron chi connectivity index (χ0n) is 7.16. The van der Waals surface area contributed by atoms with E-state index in [4.69, 9.17) is 0 Å². The average Bonchev–Trinajstić information content (AvgIpc) is 2.31. The number of hydrogen-bond donors (Lipinski definition) is 0. The van der Waals surface area contributed by atoms with Gasteiger partial charge in [0, 0.05) is 0 Å². The number of imidazole rings is 1. The number of aryl methyl sites for hydroxylation is 2. The molecule has 0 saturated heterocycles. The molecule has 1 aromatic heterocycles. The summed E-state index contributed by atoms with van der Waals surface area (Å²) in [5, 5.41) is 0. The normalized spacial score (nSPS) is 9.27. The molecule has 0 aromatic carbocycles. The van der Waals surface area contributed by atoms with Gasteiger partial charge < -0.3 is 0 Å². The molecule has 1 heterocycles. The summed E-state index contributed by atoms with van der Waals surface area (Å²) in [7, 11) is 2.04. The topological polar surface area (TPSA) is 8.81 Å². The molecule has 0 saturated carbocycles. The standard InChI is InChI=1S/C8H15N2.HI/c1-3-4-5-10-7-6-9(2)8-10;/h6-8H,3-5H2,1-2H3;1H/q+1;. The molecule has 0 spiro atoms. The first-order chi connectivity index (χ1) is 4.83. The first-order valence-corrected chi connectivity index (χ1v) is 3.84. The van der Waals surface area contributed by atoms with Gasteiger partial charge in [0.2, 0.25) is 6.33 Å². The zero-order valence-corrected chi connectivity index (χ0v) is 9.49. The molecule has 0 amide bonds. The number of hydrogen-bond acceptors (Lipinski definition) is 0. The van der Waals surface area contributed by atoms with Crippen LogP contribution in [0.4, 0.5) is 0 Å². The van der Waals surface area contributed by atoms with E-state index in [2.05, 4.69) is 34.8 Å². The van der Waals surface area contributed by atoms with Crippen LogP contribution in [0, 0.1) is 0 Å². The van der Waals surface area contributed by atoms with Crippen LogP contribution < -0.4 is 4.57 Å². The fourth-order valence-electron chi connectivity index (χ4n) is 0.975. The Labute approximate surface area is 85.2 Å². The van der Waals surface area contributed by atoms with Crippen molar-refractivity contribution in [2.24, 2.45) is 7.05 Å². The van der Waals surface area contributed by atoms with E-state index in [1.54, 1.807) is 0 Å². The molecule has 0 aliphatic heterocycles. The number of nitrogens with zero attached hydrogens (tertiary/aromatic N) is 2. The van der Waals surface area contributed by atoms with Crippen LogP contribution in [0.2, 0.25) is 0 Å². The van der Waals surface area contributed by atoms with Crippen molar-refractivity contribution in [1.29, 1.82) is 0 Å². The van der Waals surface area contributed by atoms with Crippen LogP contribution in [0.3, 0.4) is 0 Å². The highest BCUT2D eigenvalue weighted by molar-refractivity contribution is 14.0. The Hall–Kier alpha value is -0.0600. The fourth-order valence-corrected chi connectivity index (χ4v) is 0.975. The molecule has 0 radical (unpaired) electrons. The Kier molecular flexibility index (Phi) is 5.54. The lowest BCUT2D eigenvalue weighted by molar-refractivity contribution is -0.671. The summed E-state index contributed by atoms with van der Waals surface area (Å²) in [6.45, 7) is 3.36. The van der Waals surface area contributed by atoms with Gasteiger partial charge in [0.1, 0.15) is 12.4 Å². The maximum Gasteiger partial charge on any atom is 0.243 e.